The molecule has 0 aromatic rings. The Morgan fingerprint density at radius 3 is 2.12 bits per heavy atom. The fourth-order valence-electron chi connectivity index (χ4n) is 3.17. The van der Waals surface area contributed by atoms with E-state index in [-0.39, 0.29) is 5.41 Å². The van der Waals surface area contributed by atoms with Crippen molar-refractivity contribution in [2.24, 2.45) is 11.1 Å². The van der Waals surface area contributed by atoms with Gasteiger partial charge in [-0.2, -0.15) is 0 Å². The summed E-state index contributed by atoms with van der Waals surface area (Å²) in [6, 6.07) is 0. The van der Waals surface area contributed by atoms with E-state index < -0.39 is 0 Å². The highest BCUT2D eigenvalue weighted by Crippen LogP contribution is 2.37. The highest BCUT2D eigenvalue weighted by atomic mass is 16.2. The third-order valence-corrected chi connectivity index (χ3v) is 4.30. The van der Waals surface area contributed by atoms with Gasteiger partial charge in [-0.25, -0.2) is 0 Å². The van der Waals surface area contributed by atoms with Crippen molar-refractivity contribution >= 4 is 5.91 Å². The van der Waals surface area contributed by atoms with Crippen LogP contribution in [0.25, 0.3) is 0 Å². The summed E-state index contributed by atoms with van der Waals surface area (Å²) in [7, 11) is 0. The molecule has 16 heavy (non-hydrogen) atoms. The van der Waals surface area contributed by atoms with Gasteiger partial charge >= 0.3 is 0 Å². The van der Waals surface area contributed by atoms with Crippen LogP contribution >= 0.6 is 0 Å². The van der Waals surface area contributed by atoms with Crippen LogP contribution in [0.3, 0.4) is 0 Å². The van der Waals surface area contributed by atoms with Gasteiger partial charge in [0.05, 0.1) is 5.41 Å². The molecule has 1 heterocycles. The minimum atomic E-state index is -0.199. The molecule has 0 radical (unpaired) electrons. The zero-order valence-electron chi connectivity index (χ0n) is 10.2. The standard InChI is InChI=1S/C13H24N2O/c14-11-13(7-3-1-4-8-13)12(16)15-9-5-2-6-10-15/h1-11,14H2. The Morgan fingerprint density at radius 2 is 1.56 bits per heavy atom. The fraction of sp³-hybridized carbons (Fsp3) is 0.923. The first-order valence-corrected chi connectivity index (χ1v) is 6.78. The van der Waals surface area contributed by atoms with Gasteiger partial charge in [-0.1, -0.05) is 19.3 Å². The second kappa shape index (κ2) is 5.17. The number of hydrogen-bond acceptors (Lipinski definition) is 2. The van der Waals surface area contributed by atoms with Crippen LogP contribution in [0, 0.1) is 5.41 Å². The van der Waals surface area contributed by atoms with Crippen LogP contribution in [0.5, 0.6) is 0 Å². The molecular weight excluding hydrogens is 200 g/mol. The molecule has 0 aromatic heterocycles. The van der Waals surface area contributed by atoms with Crippen LogP contribution in [0.2, 0.25) is 0 Å². The second-order valence-electron chi connectivity index (χ2n) is 5.40. The molecule has 92 valence electrons. The summed E-state index contributed by atoms with van der Waals surface area (Å²) < 4.78 is 0. The van der Waals surface area contributed by atoms with Gasteiger partial charge in [-0.3, -0.25) is 4.79 Å². The van der Waals surface area contributed by atoms with Crippen LogP contribution in [0.1, 0.15) is 51.4 Å². The Kier molecular flexibility index (Phi) is 3.85. The Bertz CT molecular complexity index is 240. The third kappa shape index (κ3) is 2.24. The molecule has 0 atom stereocenters. The van der Waals surface area contributed by atoms with Crippen molar-refractivity contribution in [3.05, 3.63) is 0 Å². The highest BCUT2D eigenvalue weighted by Gasteiger charge is 2.40. The molecule has 0 spiro atoms. The van der Waals surface area contributed by atoms with Gasteiger partial charge in [-0.15, -0.1) is 0 Å². The van der Waals surface area contributed by atoms with E-state index in [0.29, 0.717) is 12.5 Å². The number of carbonyl (C=O) groups excluding carboxylic acids is 1. The van der Waals surface area contributed by atoms with Crippen LogP contribution in [-0.2, 0) is 4.79 Å². The Hall–Kier alpha value is -0.570. The van der Waals surface area contributed by atoms with Gasteiger partial charge in [0.2, 0.25) is 5.91 Å². The van der Waals surface area contributed by atoms with Crippen molar-refractivity contribution in [1.29, 1.82) is 0 Å². The molecule has 0 unspecified atom stereocenters. The van der Waals surface area contributed by atoms with E-state index in [9.17, 15) is 4.79 Å². The van der Waals surface area contributed by atoms with Gasteiger partial charge in [0, 0.05) is 19.6 Å². The summed E-state index contributed by atoms with van der Waals surface area (Å²) in [4.78, 5) is 14.6. The van der Waals surface area contributed by atoms with Crippen molar-refractivity contribution < 1.29 is 4.79 Å². The normalized spacial score (nSPS) is 25.4. The topological polar surface area (TPSA) is 46.3 Å². The van der Waals surface area contributed by atoms with Gasteiger partial charge in [0.1, 0.15) is 0 Å². The number of carbonyl (C=O) groups is 1. The van der Waals surface area contributed by atoms with E-state index in [0.717, 1.165) is 25.9 Å². The van der Waals surface area contributed by atoms with Gasteiger partial charge < -0.3 is 10.6 Å². The molecule has 1 saturated carbocycles. The summed E-state index contributed by atoms with van der Waals surface area (Å²) in [5.74, 6) is 0.356. The zero-order chi connectivity index (χ0) is 11.4. The molecule has 1 amide bonds. The molecule has 2 aliphatic rings. The molecule has 2 rings (SSSR count). The number of rotatable bonds is 2. The first-order valence-electron chi connectivity index (χ1n) is 6.78. The number of nitrogens with two attached hydrogens (primary N) is 1. The predicted octanol–water partition coefficient (Wildman–Crippen LogP) is 1.91. The first kappa shape index (κ1) is 11.9. The lowest BCUT2D eigenvalue weighted by Crippen LogP contribution is -2.50. The summed E-state index contributed by atoms with van der Waals surface area (Å²) in [5.41, 5.74) is 5.70. The summed E-state index contributed by atoms with van der Waals surface area (Å²) in [6.45, 7) is 2.46. The molecule has 2 N–H and O–H groups in total. The summed E-state index contributed by atoms with van der Waals surface area (Å²) in [5, 5.41) is 0. The Balaban J connectivity index is 2.04. The molecule has 0 bridgehead atoms. The maximum Gasteiger partial charge on any atom is 0.230 e. The molecule has 1 saturated heterocycles. The van der Waals surface area contributed by atoms with Crippen LogP contribution in [-0.4, -0.2) is 30.4 Å². The average molecular weight is 224 g/mol. The molecule has 1 aliphatic heterocycles. The highest BCUT2D eigenvalue weighted by molar-refractivity contribution is 5.83. The summed E-state index contributed by atoms with van der Waals surface area (Å²) in [6.07, 6.45) is 9.28. The molecule has 3 nitrogen and oxygen atoms in total. The number of amides is 1. The van der Waals surface area contributed by atoms with E-state index in [1.165, 1.54) is 38.5 Å². The van der Waals surface area contributed by atoms with Crippen molar-refractivity contribution in [1.82, 2.24) is 4.90 Å². The largest absolute Gasteiger partial charge is 0.342 e. The van der Waals surface area contributed by atoms with Crippen molar-refractivity contribution in [3.63, 3.8) is 0 Å². The average Bonchev–Trinajstić information content (AvgIpc) is 2.39. The van der Waals surface area contributed by atoms with Crippen LogP contribution in [0.15, 0.2) is 0 Å². The maximum absolute atomic E-state index is 12.6. The van der Waals surface area contributed by atoms with E-state index >= 15 is 0 Å². The van der Waals surface area contributed by atoms with E-state index in [4.69, 9.17) is 5.73 Å². The lowest BCUT2D eigenvalue weighted by Gasteiger charge is -2.40. The number of nitrogens with zero attached hydrogens (tertiary/aromatic N) is 1. The first-order chi connectivity index (χ1) is 7.78. The van der Waals surface area contributed by atoms with E-state index in [1.807, 2.05) is 0 Å². The molecule has 0 aromatic carbocycles. The maximum atomic E-state index is 12.6. The quantitative estimate of drug-likeness (QED) is 0.779. The minimum absolute atomic E-state index is 0.199. The molecular formula is C13H24N2O. The summed E-state index contributed by atoms with van der Waals surface area (Å²) >= 11 is 0. The predicted molar refractivity (Wildman–Crippen MR) is 65.0 cm³/mol. The Labute approximate surface area is 98.4 Å². The molecule has 3 heteroatoms. The monoisotopic (exact) mass is 224 g/mol. The smallest absolute Gasteiger partial charge is 0.230 e. The number of likely N-dealkylation sites (tertiary alicyclic amines) is 1. The van der Waals surface area contributed by atoms with Crippen molar-refractivity contribution in [2.75, 3.05) is 19.6 Å². The Morgan fingerprint density at radius 1 is 1.00 bits per heavy atom. The van der Waals surface area contributed by atoms with Crippen LogP contribution < -0.4 is 5.73 Å². The molecule has 2 fully saturated rings. The lowest BCUT2D eigenvalue weighted by molar-refractivity contribution is -0.144. The zero-order valence-corrected chi connectivity index (χ0v) is 10.2. The number of hydrogen-bond donors (Lipinski definition) is 1. The van der Waals surface area contributed by atoms with E-state index in [1.54, 1.807) is 0 Å². The van der Waals surface area contributed by atoms with E-state index in [2.05, 4.69) is 4.90 Å². The van der Waals surface area contributed by atoms with Gasteiger partial charge in [0.25, 0.3) is 0 Å². The van der Waals surface area contributed by atoms with Crippen molar-refractivity contribution in [3.8, 4) is 0 Å². The van der Waals surface area contributed by atoms with Crippen molar-refractivity contribution in [2.45, 2.75) is 51.4 Å². The van der Waals surface area contributed by atoms with Crippen LogP contribution in [0.4, 0.5) is 0 Å². The SMILES string of the molecule is NCC1(C(=O)N2CCCCC2)CCCCC1. The number of piperidine rings is 1. The molecule has 1 aliphatic carbocycles. The van der Waals surface area contributed by atoms with Gasteiger partial charge in [0.15, 0.2) is 0 Å². The second-order valence-corrected chi connectivity index (χ2v) is 5.40. The third-order valence-electron chi connectivity index (χ3n) is 4.30. The van der Waals surface area contributed by atoms with Gasteiger partial charge in [-0.05, 0) is 32.1 Å². The fourth-order valence-corrected chi connectivity index (χ4v) is 3.17. The lowest BCUT2D eigenvalue weighted by atomic mass is 9.73. The minimum Gasteiger partial charge on any atom is -0.342 e.